The molecule has 2 N–H and O–H groups in total. The number of nitrogens with one attached hydrogen (secondary N) is 1. The van der Waals surface area contributed by atoms with Crippen molar-refractivity contribution in [2.75, 3.05) is 13.3 Å². The van der Waals surface area contributed by atoms with Crippen molar-refractivity contribution in [3.8, 4) is 0 Å². The third kappa shape index (κ3) is 4.35. The average Bonchev–Trinajstić information content (AvgIpc) is 3.22. The molecule has 3 rings (SSSR count). The topological polar surface area (TPSA) is 124 Å². The zero-order valence-corrected chi connectivity index (χ0v) is 18.0. The molecule has 0 aromatic carbocycles. The minimum atomic E-state index is -0.891. The third-order valence-electron chi connectivity index (χ3n) is 5.66. The molecule has 0 atom stereocenters. The lowest BCUT2D eigenvalue weighted by Gasteiger charge is -2.41. The van der Waals surface area contributed by atoms with Crippen LogP contribution in [0, 0.1) is 5.41 Å². The number of ketones is 1. The van der Waals surface area contributed by atoms with Gasteiger partial charge in [-0.15, -0.1) is 0 Å². The van der Waals surface area contributed by atoms with Gasteiger partial charge in [0, 0.05) is 6.20 Å². The maximum Gasteiger partial charge on any atom is 0.328 e. The van der Waals surface area contributed by atoms with Gasteiger partial charge in [0.25, 0.3) is 5.91 Å². The number of hydrogen-bond donors (Lipinski definition) is 2. The number of carbonyl (C=O) groups excluding carboxylic acids is 4. The van der Waals surface area contributed by atoms with Crippen LogP contribution in [0.4, 0.5) is 0 Å². The van der Waals surface area contributed by atoms with Crippen LogP contribution in [-0.2, 0) is 34.2 Å². The molecule has 9 heteroatoms. The lowest BCUT2D eigenvalue weighted by Crippen LogP contribution is -2.50. The Kier molecular flexibility index (Phi) is 6.24. The fraction of sp³-hybridized carbons (Fsp3) is 0.545. The molecule has 2 heterocycles. The number of amides is 1. The third-order valence-corrected chi connectivity index (χ3v) is 5.66. The minimum absolute atomic E-state index is 0.347. The second kappa shape index (κ2) is 8.56. The molecular weight excluding hydrogens is 404 g/mol. The molecule has 1 aromatic rings. The number of aromatic nitrogens is 1. The Morgan fingerprint density at radius 1 is 1.16 bits per heavy atom. The van der Waals surface area contributed by atoms with E-state index in [9.17, 15) is 24.3 Å². The van der Waals surface area contributed by atoms with E-state index in [1.165, 1.54) is 0 Å². The summed E-state index contributed by atoms with van der Waals surface area (Å²) in [6, 6.07) is 3.38. The van der Waals surface area contributed by atoms with Crippen molar-refractivity contribution >= 4 is 29.4 Å². The van der Waals surface area contributed by atoms with Gasteiger partial charge >= 0.3 is 11.9 Å². The molecule has 31 heavy (non-hydrogen) atoms. The Morgan fingerprint density at radius 3 is 2.48 bits per heavy atom. The van der Waals surface area contributed by atoms with E-state index in [-0.39, 0.29) is 5.57 Å². The van der Waals surface area contributed by atoms with Crippen molar-refractivity contribution < 1.29 is 33.8 Å². The van der Waals surface area contributed by atoms with Crippen LogP contribution in [0.25, 0.3) is 5.76 Å². The summed E-state index contributed by atoms with van der Waals surface area (Å²) in [5.41, 5.74) is -1.57. The van der Waals surface area contributed by atoms with Crippen LogP contribution >= 0.6 is 0 Å². The molecule has 1 aliphatic heterocycles. The van der Waals surface area contributed by atoms with Crippen molar-refractivity contribution in [1.82, 2.24) is 9.88 Å². The van der Waals surface area contributed by atoms with Crippen LogP contribution in [0.2, 0.25) is 0 Å². The number of hydrogen-bond acceptors (Lipinski definition) is 7. The van der Waals surface area contributed by atoms with Crippen molar-refractivity contribution in [2.24, 2.45) is 5.41 Å². The van der Waals surface area contributed by atoms with E-state index in [0.717, 1.165) is 19.3 Å². The van der Waals surface area contributed by atoms with Gasteiger partial charge in [0.1, 0.15) is 17.7 Å². The van der Waals surface area contributed by atoms with Crippen LogP contribution < -0.4 is 5.32 Å². The lowest BCUT2D eigenvalue weighted by atomic mass is 9.74. The highest BCUT2D eigenvalue weighted by Crippen LogP contribution is 2.43. The molecule has 1 saturated carbocycles. The molecule has 1 amide bonds. The van der Waals surface area contributed by atoms with Gasteiger partial charge in [-0.3, -0.25) is 19.2 Å². The second-order valence-corrected chi connectivity index (χ2v) is 8.91. The zero-order valence-electron chi connectivity index (χ0n) is 18.0. The molecular formula is C22H28N2O7. The van der Waals surface area contributed by atoms with E-state index in [1.807, 2.05) is 0 Å². The van der Waals surface area contributed by atoms with Crippen molar-refractivity contribution in [1.29, 1.82) is 0 Å². The maximum absolute atomic E-state index is 13.3. The summed E-state index contributed by atoms with van der Waals surface area (Å²) < 4.78 is 11.4. The molecule has 168 valence electrons. The fourth-order valence-corrected chi connectivity index (χ4v) is 4.00. The SMILES string of the molecule is CC(C)(C)C(=O)OCOC(=O)CNC(=O)C1=C(O)c2cccn2C2(CCCCC2)C1=O. The van der Waals surface area contributed by atoms with E-state index in [2.05, 4.69) is 5.32 Å². The predicted octanol–water partition coefficient (Wildman–Crippen LogP) is 2.21. The molecule has 0 radical (unpaired) electrons. The Hall–Kier alpha value is -3.10. The number of nitrogens with zero attached hydrogens (tertiary/aromatic N) is 1. The normalized spacial score (nSPS) is 17.8. The zero-order chi connectivity index (χ0) is 22.8. The van der Waals surface area contributed by atoms with Gasteiger partial charge < -0.3 is 24.5 Å². The Bertz CT molecular complexity index is 930. The summed E-state index contributed by atoms with van der Waals surface area (Å²) in [7, 11) is 0. The summed E-state index contributed by atoms with van der Waals surface area (Å²) in [6.07, 6.45) is 5.61. The van der Waals surface area contributed by atoms with Crippen LogP contribution in [0.5, 0.6) is 0 Å². The average molecular weight is 432 g/mol. The van der Waals surface area contributed by atoms with Gasteiger partial charge in [0.15, 0.2) is 11.5 Å². The van der Waals surface area contributed by atoms with E-state index in [4.69, 9.17) is 9.47 Å². The Labute approximate surface area is 180 Å². The van der Waals surface area contributed by atoms with Gasteiger partial charge in [-0.05, 0) is 45.7 Å². The van der Waals surface area contributed by atoms with Gasteiger partial charge in [-0.1, -0.05) is 19.3 Å². The molecule has 2 aliphatic rings. The summed E-state index contributed by atoms with van der Waals surface area (Å²) >= 11 is 0. The molecule has 0 bridgehead atoms. The number of aliphatic hydroxyl groups is 1. The molecule has 1 aliphatic carbocycles. The number of esters is 2. The van der Waals surface area contributed by atoms with E-state index in [0.29, 0.717) is 18.5 Å². The molecule has 1 fully saturated rings. The standard InChI is InChI=1S/C22H28N2O7/c1-21(2,3)20(29)31-13-30-15(25)12-23-19(28)16-17(26)14-8-7-11-24(14)22(18(16)27)9-5-4-6-10-22/h7-8,11,26H,4-6,9-10,12-13H2,1-3H3,(H,23,28). The monoisotopic (exact) mass is 432 g/mol. The Balaban J connectivity index is 1.66. The molecule has 0 unspecified atom stereocenters. The van der Waals surface area contributed by atoms with Gasteiger partial charge in [-0.2, -0.15) is 0 Å². The minimum Gasteiger partial charge on any atom is -0.505 e. The predicted molar refractivity (Wildman–Crippen MR) is 110 cm³/mol. The summed E-state index contributed by atoms with van der Waals surface area (Å²) in [4.78, 5) is 49.6. The highest BCUT2D eigenvalue weighted by Gasteiger charge is 2.49. The van der Waals surface area contributed by atoms with Gasteiger partial charge in [-0.25, -0.2) is 0 Å². The maximum atomic E-state index is 13.3. The molecule has 0 saturated heterocycles. The van der Waals surface area contributed by atoms with E-state index >= 15 is 0 Å². The number of rotatable bonds is 5. The first-order valence-electron chi connectivity index (χ1n) is 10.4. The van der Waals surface area contributed by atoms with Crippen LogP contribution in [0.3, 0.4) is 0 Å². The largest absolute Gasteiger partial charge is 0.505 e. The van der Waals surface area contributed by atoms with E-state index < -0.39 is 53.7 Å². The quantitative estimate of drug-likeness (QED) is 0.415. The number of fused-ring (bicyclic) bond motifs is 2. The fourth-order valence-electron chi connectivity index (χ4n) is 4.00. The van der Waals surface area contributed by atoms with Crippen LogP contribution in [0.1, 0.15) is 58.6 Å². The van der Waals surface area contributed by atoms with Crippen molar-refractivity contribution in [3.05, 3.63) is 29.6 Å². The summed E-state index contributed by atoms with van der Waals surface area (Å²) in [5, 5.41) is 12.9. The Morgan fingerprint density at radius 2 is 1.84 bits per heavy atom. The number of carbonyl (C=O) groups is 4. The smallest absolute Gasteiger partial charge is 0.328 e. The van der Waals surface area contributed by atoms with E-state index in [1.54, 1.807) is 43.7 Å². The molecule has 1 aromatic heterocycles. The van der Waals surface area contributed by atoms with Gasteiger partial charge in [0.05, 0.1) is 11.1 Å². The highest BCUT2D eigenvalue weighted by atomic mass is 16.7. The van der Waals surface area contributed by atoms with Crippen molar-refractivity contribution in [2.45, 2.75) is 58.4 Å². The second-order valence-electron chi connectivity index (χ2n) is 8.91. The van der Waals surface area contributed by atoms with Crippen LogP contribution in [0.15, 0.2) is 23.9 Å². The van der Waals surface area contributed by atoms with Crippen LogP contribution in [-0.4, -0.2) is 46.6 Å². The number of ether oxygens (including phenoxy) is 2. The summed E-state index contributed by atoms with van der Waals surface area (Å²) in [5.74, 6) is -3.07. The first-order valence-corrected chi connectivity index (χ1v) is 10.4. The lowest BCUT2D eigenvalue weighted by molar-refractivity contribution is -0.172. The number of aliphatic hydroxyl groups excluding tert-OH is 1. The first kappa shape index (κ1) is 22.6. The summed E-state index contributed by atoms with van der Waals surface area (Å²) in [6.45, 7) is 3.87. The molecule has 9 nitrogen and oxygen atoms in total. The first-order chi connectivity index (χ1) is 14.6. The highest BCUT2D eigenvalue weighted by molar-refractivity contribution is 6.27. The number of Topliss-reactive ketones (excluding diaryl/α,β-unsaturated/α-hetero) is 1. The molecule has 1 spiro atoms. The van der Waals surface area contributed by atoms with Gasteiger partial charge in [0.2, 0.25) is 6.79 Å². The van der Waals surface area contributed by atoms with Crippen molar-refractivity contribution in [3.63, 3.8) is 0 Å².